The predicted octanol–water partition coefficient (Wildman–Crippen LogP) is -2.30. The third-order valence-corrected chi connectivity index (χ3v) is 9.88. The van der Waals surface area contributed by atoms with Crippen molar-refractivity contribution in [1.82, 2.24) is 30.2 Å². The van der Waals surface area contributed by atoms with Gasteiger partial charge in [-0.3, -0.25) is 18.7 Å². The SMILES string of the molecule is Nc1nc(S)c2ncn([C@@H]3O[C@H](COP(=O)(O)OP(=O)(O)OP(=O)(O)O)C(O)[C@@H]3OC(=O)NCCNC(=O)C(N)CCC(=O)O)c2n1. The summed E-state index contributed by atoms with van der Waals surface area (Å²) in [5.74, 6) is -2.08. The summed E-state index contributed by atoms with van der Waals surface area (Å²) >= 11 is 4.16. The van der Waals surface area contributed by atoms with Crippen LogP contribution in [0, 0.1) is 0 Å². The van der Waals surface area contributed by atoms with Gasteiger partial charge in [0, 0.05) is 19.5 Å². The first-order chi connectivity index (χ1) is 21.7. The summed E-state index contributed by atoms with van der Waals surface area (Å²) in [7, 11) is -17.1. The van der Waals surface area contributed by atoms with Crippen LogP contribution in [0.5, 0.6) is 0 Å². The molecular weight excluding hydrogens is 725 g/mol. The summed E-state index contributed by atoms with van der Waals surface area (Å²) in [5.41, 5.74) is 11.4. The zero-order chi connectivity index (χ0) is 35.3. The number of carboxylic acids is 1. The summed E-state index contributed by atoms with van der Waals surface area (Å²) in [6.45, 7) is -1.52. The third kappa shape index (κ3) is 11.4. The molecule has 1 saturated heterocycles. The van der Waals surface area contributed by atoms with Crippen molar-refractivity contribution < 1.29 is 80.5 Å². The second-order valence-corrected chi connectivity index (χ2v) is 14.1. The summed E-state index contributed by atoms with van der Waals surface area (Å²) < 4.78 is 58.6. The van der Waals surface area contributed by atoms with Crippen molar-refractivity contribution in [2.75, 3.05) is 25.4 Å². The maximum Gasteiger partial charge on any atom is 0.490 e. The second kappa shape index (κ2) is 15.6. The van der Waals surface area contributed by atoms with Gasteiger partial charge in [-0.25, -0.2) is 28.5 Å². The molecule has 4 unspecified atom stereocenters. The number of thiol groups is 1. The van der Waals surface area contributed by atoms with Gasteiger partial charge in [-0.2, -0.15) is 13.6 Å². The van der Waals surface area contributed by atoms with Gasteiger partial charge in [0.15, 0.2) is 18.0 Å². The molecule has 12 N–H and O–H groups in total. The van der Waals surface area contributed by atoms with Crippen LogP contribution in [0.15, 0.2) is 11.4 Å². The number of amides is 2. The minimum atomic E-state index is -5.85. The largest absolute Gasteiger partial charge is 0.490 e. The quantitative estimate of drug-likeness (QED) is 0.0371. The maximum atomic E-state index is 12.6. The Balaban J connectivity index is 1.72. The van der Waals surface area contributed by atoms with Crippen molar-refractivity contribution in [3.8, 4) is 0 Å². The number of anilines is 1. The molecule has 7 atom stereocenters. The van der Waals surface area contributed by atoms with E-state index in [9.17, 15) is 43.0 Å². The number of carbonyl (C=O) groups is 3. The van der Waals surface area contributed by atoms with E-state index >= 15 is 0 Å². The number of nitrogens with one attached hydrogen (secondary N) is 2. The van der Waals surface area contributed by atoms with Crippen LogP contribution >= 0.6 is 36.1 Å². The molecule has 47 heavy (non-hydrogen) atoms. The molecule has 0 spiro atoms. The smallest absolute Gasteiger partial charge is 0.481 e. The molecule has 2 amide bonds. The number of aliphatic hydroxyl groups excluding tert-OH is 1. The summed E-state index contributed by atoms with van der Waals surface area (Å²) in [6, 6.07) is -1.12. The van der Waals surface area contributed by atoms with Crippen molar-refractivity contribution >= 4 is 71.2 Å². The van der Waals surface area contributed by atoms with Crippen LogP contribution in [0.2, 0.25) is 0 Å². The minimum absolute atomic E-state index is 0.0239. The fraction of sp³-hybridized carbons (Fsp3) is 0.556. The van der Waals surface area contributed by atoms with Crippen LogP contribution < -0.4 is 22.1 Å². The van der Waals surface area contributed by atoms with E-state index in [2.05, 4.69) is 51.4 Å². The Morgan fingerprint density at radius 3 is 2.38 bits per heavy atom. The number of phosphoric ester groups is 1. The molecule has 264 valence electrons. The van der Waals surface area contributed by atoms with E-state index in [0.29, 0.717) is 0 Å². The first kappa shape index (κ1) is 38.6. The zero-order valence-electron chi connectivity index (χ0n) is 23.4. The Morgan fingerprint density at radius 2 is 1.74 bits per heavy atom. The van der Waals surface area contributed by atoms with Crippen molar-refractivity contribution in [2.45, 2.75) is 48.4 Å². The minimum Gasteiger partial charge on any atom is -0.481 e. The van der Waals surface area contributed by atoms with E-state index in [1.54, 1.807) is 0 Å². The van der Waals surface area contributed by atoms with Gasteiger partial charge in [-0.05, 0) is 6.42 Å². The Hall–Kier alpha value is -2.80. The van der Waals surface area contributed by atoms with Gasteiger partial charge < -0.3 is 61.4 Å². The highest BCUT2D eigenvalue weighted by Crippen LogP contribution is 2.66. The fourth-order valence-electron chi connectivity index (χ4n) is 3.84. The van der Waals surface area contributed by atoms with Gasteiger partial charge in [0.05, 0.1) is 19.0 Å². The lowest BCUT2D eigenvalue weighted by atomic mass is 10.1. The van der Waals surface area contributed by atoms with Crippen LogP contribution in [-0.4, -0.2) is 111 Å². The number of nitrogens with two attached hydrogens (primary N) is 2. The Bertz CT molecular complexity index is 1630. The summed E-state index contributed by atoms with van der Waals surface area (Å²) in [5, 5.41) is 24.3. The highest BCUT2D eigenvalue weighted by molar-refractivity contribution is 7.80. The molecule has 2 aromatic rings. The van der Waals surface area contributed by atoms with Gasteiger partial charge in [-0.15, -0.1) is 12.6 Å². The lowest BCUT2D eigenvalue weighted by Crippen LogP contribution is -2.45. The number of carboxylic acid groups (broad SMARTS) is 1. The van der Waals surface area contributed by atoms with Gasteiger partial charge in [0.25, 0.3) is 0 Å². The van der Waals surface area contributed by atoms with Crippen molar-refractivity contribution in [1.29, 1.82) is 0 Å². The highest BCUT2D eigenvalue weighted by Gasteiger charge is 2.49. The standard InChI is InChI=1S/C18H29N8O17P3S/c19-7(1-2-9(27)28)14(30)21-3-4-22-18(31)41-12-11(29)8(5-39-45(35,36)43-46(37,38)42-44(32,33)34)40-16(12)26-6-23-10-13(26)24-17(20)25-15(10)47/h6-8,11-12,16,29H,1-5,19H2,(H,21,30)(H,22,31)(H,27,28)(H,35,36)(H,37,38)(H2,32,33,34)(H3,20,24,25,47)/t7?,8-,11?,12+,16-/m1/s1. The number of imidazole rings is 1. The first-order valence-corrected chi connectivity index (χ1v) is 17.7. The van der Waals surface area contributed by atoms with Crippen LogP contribution in [-0.2, 0) is 45.9 Å². The van der Waals surface area contributed by atoms with Crippen molar-refractivity contribution in [3.63, 3.8) is 0 Å². The number of phosphoric acid groups is 3. The average molecular weight is 754 g/mol. The van der Waals surface area contributed by atoms with Crippen LogP contribution in [0.1, 0.15) is 19.1 Å². The number of nitrogens with zero attached hydrogens (tertiary/aromatic N) is 4. The molecule has 0 saturated carbocycles. The fourth-order valence-corrected chi connectivity index (χ4v) is 7.13. The number of aliphatic hydroxyl groups is 1. The van der Waals surface area contributed by atoms with Crippen LogP contribution in [0.4, 0.5) is 10.7 Å². The van der Waals surface area contributed by atoms with Gasteiger partial charge in [0.1, 0.15) is 22.8 Å². The summed E-state index contributed by atoms with van der Waals surface area (Å²) in [6.07, 6.45) is -7.24. The summed E-state index contributed by atoms with van der Waals surface area (Å²) in [4.78, 5) is 83.6. The highest BCUT2D eigenvalue weighted by atomic mass is 32.1. The Morgan fingerprint density at radius 1 is 1.09 bits per heavy atom. The van der Waals surface area contributed by atoms with Gasteiger partial charge in [-0.1, -0.05) is 0 Å². The van der Waals surface area contributed by atoms with Gasteiger partial charge >= 0.3 is 35.5 Å². The zero-order valence-corrected chi connectivity index (χ0v) is 27.0. The molecule has 25 nitrogen and oxygen atoms in total. The average Bonchev–Trinajstić information content (AvgIpc) is 3.47. The Kier molecular flexibility index (Phi) is 12.8. The number of hydrogen-bond acceptors (Lipinski definition) is 18. The third-order valence-electron chi connectivity index (χ3n) is 5.77. The molecule has 3 heterocycles. The molecule has 0 aromatic carbocycles. The molecule has 1 aliphatic rings. The Labute approximate surface area is 267 Å². The number of carbonyl (C=O) groups excluding carboxylic acids is 2. The number of fused-ring (bicyclic) bond motifs is 1. The van der Waals surface area contributed by atoms with E-state index in [-0.39, 0.29) is 48.1 Å². The molecule has 3 rings (SSSR count). The lowest BCUT2D eigenvalue weighted by Gasteiger charge is -2.22. The van der Waals surface area contributed by atoms with Crippen LogP contribution in [0.25, 0.3) is 11.2 Å². The number of aliphatic carboxylic acids is 1. The monoisotopic (exact) mass is 754 g/mol. The van der Waals surface area contributed by atoms with E-state index in [0.717, 1.165) is 10.9 Å². The maximum absolute atomic E-state index is 12.6. The number of nitrogen functional groups attached to an aromatic ring is 1. The molecule has 29 heteroatoms. The van der Waals surface area contributed by atoms with Crippen molar-refractivity contribution in [2.24, 2.45) is 5.73 Å². The van der Waals surface area contributed by atoms with Crippen molar-refractivity contribution in [3.05, 3.63) is 6.33 Å². The topological polar surface area (TPSA) is 390 Å². The molecule has 0 aliphatic carbocycles. The molecule has 0 radical (unpaired) electrons. The molecule has 1 fully saturated rings. The number of aromatic nitrogens is 4. The number of ether oxygens (including phenoxy) is 2. The van der Waals surface area contributed by atoms with E-state index in [1.807, 2.05) is 0 Å². The normalized spacial score (nSPS) is 23.0. The lowest BCUT2D eigenvalue weighted by molar-refractivity contribution is -0.137. The molecule has 0 bridgehead atoms. The number of alkyl carbamates (subject to hydrolysis) is 1. The predicted molar refractivity (Wildman–Crippen MR) is 153 cm³/mol. The second-order valence-electron chi connectivity index (χ2n) is 9.30. The van der Waals surface area contributed by atoms with Gasteiger partial charge in [0.2, 0.25) is 11.9 Å². The number of rotatable bonds is 16. The molecule has 2 aromatic heterocycles. The van der Waals surface area contributed by atoms with E-state index in [4.69, 9.17) is 35.8 Å². The number of hydrogen-bond donors (Lipinski definition) is 11. The molecule has 1 aliphatic heterocycles. The van der Waals surface area contributed by atoms with Crippen LogP contribution in [0.3, 0.4) is 0 Å². The van der Waals surface area contributed by atoms with E-state index < -0.39 is 78.6 Å². The molecular formula is C18H29N8O17P3S. The first-order valence-electron chi connectivity index (χ1n) is 12.7. The van der Waals surface area contributed by atoms with E-state index in [1.165, 1.54) is 0 Å².